The molecule has 0 saturated heterocycles. The van der Waals surface area contributed by atoms with E-state index in [4.69, 9.17) is 0 Å². The first-order chi connectivity index (χ1) is 8.65. The molecule has 0 aliphatic rings. The van der Waals surface area contributed by atoms with Crippen LogP contribution in [-0.2, 0) is 4.79 Å². The molecule has 0 radical (unpaired) electrons. The number of fused-ring (bicyclic) bond motifs is 1. The van der Waals surface area contributed by atoms with Gasteiger partial charge in [0.2, 0.25) is 5.91 Å². The number of nitrogens with zero attached hydrogens (tertiary/aromatic N) is 2. The third kappa shape index (κ3) is 3.43. The van der Waals surface area contributed by atoms with Crippen LogP contribution in [-0.4, -0.2) is 27.7 Å². The van der Waals surface area contributed by atoms with Gasteiger partial charge in [-0.2, -0.15) is 0 Å². The van der Waals surface area contributed by atoms with Crippen LogP contribution in [0.4, 0.5) is 0 Å². The van der Waals surface area contributed by atoms with Gasteiger partial charge in [-0.05, 0) is 26.0 Å². The maximum absolute atomic E-state index is 11.5. The zero-order chi connectivity index (χ0) is 13.0. The maximum atomic E-state index is 11.5. The Hall–Kier alpha value is -1.62. The highest BCUT2D eigenvalue weighted by Crippen LogP contribution is 2.17. The van der Waals surface area contributed by atoms with Crippen LogP contribution in [0.1, 0.15) is 13.8 Å². The summed E-state index contributed by atoms with van der Waals surface area (Å²) in [6.07, 6.45) is 1.70. The first kappa shape index (κ1) is 12.8. The highest BCUT2D eigenvalue weighted by atomic mass is 32.2. The van der Waals surface area contributed by atoms with Gasteiger partial charge in [0, 0.05) is 6.04 Å². The first-order valence-corrected chi connectivity index (χ1v) is 6.77. The number of aromatic nitrogens is 2. The van der Waals surface area contributed by atoms with Crippen LogP contribution in [0.25, 0.3) is 11.0 Å². The minimum Gasteiger partial charge on any atom is -0.353 e. The van der Waals surface area contributed by atoms with Crippen molar-refractivity contribution in [1.29, 1.82) is 0 Å². The van der Waals surface area contributed by atoms with Gasteiger partial charge >= 0.3 is 0 Å². The Morgan fingerprint density at radius 2 is 2.06 bits per heavy atom. The number of carbonyl (C=O) groups excluding carboxylic acids is 1. The van der Waals surface area contributed by atoms with Crippen molar-refractivity contribution in [3.8, 4) is 0 Å². The molecule has 0 atom stereocenters. The van der Waals surface area contributed by atoms with E-state index >= 15 is 0 Å². The lowest BCUT2D eigenvalue weighted by molar-refractivity contribution is -0.119. The monoisotopic (exact) mass is 261 g/mol. The molecule has 4 nitrogen and oxygen atoms in total. The summed E-state index contributed by atoms with van der Waals surface area (Å²) in [5.41, 5.74) is 1.72. The Morgan fingerprint density at radius 3 is 2.78 bits per heavy atom. The van der Waals surface area contributed by atoms with E-state index in [-0.39, 0.29) is 11.9 Å². The van der Waals surface area contributed by atoms with E-state index in [1.807, 2.05) is 38.1 Å². The molecular weight excluding hydrogens is 246 g/mol. The Balaban J connectivity index is 2.01. The van der Waals surface area contributed by atoms with E-state index in [2.05, 4.69) is 15.3 Å². The molecular formula is C13H15N3OS. The normalized spacial score (nSPS) is 10.8. The Labute approximate surface area is 110 Å². The van der Waals surface area contributed by atoms with Crippen molar-refractivity contribution in [3.05, 3.63) is 30.5 Å². The number of thioether (sulfide) groups is 1. The summed E-state index contributed by atoms with van der Waals surface area (Å²) in [5, 5.41) is 3.61. The lowest BCUT2D eigenvalue weighted by atomic mass is 10.3. The highest BCUT2D eigenvalue weighted by molar-refractivity contribution is 7.99. The third-order valence-corrected chi connectivity index (χ3v) is 3.13. The zero-order valence-corrected chi connectivity index (χ0v) is 11.2. The average Bonchev–Trinajstić information content (AvgIpc) is 2.35. The number of hydrogen-bond donors (Lipinski definition) is 1. The molecule has 1 heterocycles. The van der Waals surface area contributed by atoms with Crippen molar-refractivity contribution >= 4 is 28.7 Å². The molecule has 5 heteroatoms. The third-order valence-electron chi connectivity index (χ3n) is 2.23. The van der Waals surface area contributed by atoms with Crippen LogP contribution in [0.3, 0.4) is 0 Å². The van der Waals surface area contributed by atoms with Crippen LogP contribution < -0.4 is 5.32 Å². The molecule has 0 aliphatic heterocycles. The molecule has 0 bridgehead atoms. The lowest BCUT2D eigenvalue weighted by Gasteiger charge is -2.07. The molecule has 0 aliphatic carbocycles. The SMILES string of the molecule is CC(C)NC(=O)CSc1cnc2ccccc2n1. The van der Waals surface area contributed by atoms with Gasteiger partial charge in [-0.25, -0.2) is 4.98 Å². The fourth-order valence-electron chi connectivity index (χ4n) is 1.51. The molecule has 0 unspecified atom stereocenters. The van der Waals surface area contributed by atoms with Crippen molar-refractivity contribution in [3.63, 3.8) is 0 Å². The molecule has 1 N–H and O–H groups in total. The minimum atomic E-state index is 0.0185. The van der Waals surface area contributed by atoms with E-state index < -0.39 is 0 Å². The number of benzene rings is 1. The van der Waals surface area contributed by atoms with Gasteiger partial charge in [0.15, 0.2) is 0 Å². The molecule has 2 aromatic rings. The van der Waals surface area contributed by atoms with Gasteiger partial charge in [0.25, 0.3) is 0 Å². The van der Waals surface area contributed by atoms with Crippen molar-refractivity contribution in [2.45, 2.75) is 24.9 Å². The quantitative estimate of drug-likeness (QED) is 0.858. The van der Waals surface area contributed by atoms with E-state index in [0.717, 1.165) is 16.1 Å². The van der Waals surface area contributed by atoms with Crippen molar-refractivity contribution in [2.75, 3.05) is 5.75 Å². The van der Waals surface area contributed by atoms with Gasteiger partial charge in [-0.1, -0.05) is 23.9 Å². The van der Waals surface area contributed by atoms with Crippen molar-refractivity contribution in [2.24, 2.45) is 0 Å². The van der Waals surface area contributed by atoms with Crippen LogP contribution in [0.2, 0.25) is 0 Å². The molecule has 1 amide bonds. The summed E-state index contributed by atoms with van der Waals surface area (Å²) < 4.78 is 0. The van der Waals surface area contributed by atoms with Crippen LogP contribution >= 0.6 is 11.8 Å². The van der Waals surface area contributed by atoms with Gasteiger partial charge < -0.3 is 5.32 Å². The first-order valence-electron chi connectivity index (χ1n) is 5.79. The summed E-state index contributed by atoms with van der Waals surface area (Å²) in [4.78, 5) is 20.3. The van der Waals surface area contributed by atoms with Crippen LogP contribution in [0.5, 0.6) is 0 Å². The van der Waals surface area contributed by atoms with E-state index in [0.29, 0.717) is 5.75 Å². The number of hydrogen-bond acceptors (Lipinski definition) is 4. The minimum absolute atomic E-state index is 0.0185. The maximum Gasteiger partial charge on any atom is 0.230 e. The summed E-state index contributed by atoms with van der Waals surface area (Å²) in [7, 11) is 0. The van der Waals surface area contributed by atoms with Gasteiger partial charge in [-0.3, -0.25) is 9.78 Å². The number of carbonyl (C=O) groups is 1. The van der Waals surface area contributed by atoms with E-state index in [1.165, 1.54) is 11.8 Å². The molecule has 0 spiro atoms. The molecule has 18 heavy (non-hydrogen) atoms. The zero-order valence-electron chi connectivity index (χ0n) is 10.4. The summed E-state index contributed by atoms with van der Waals surface area (Å²) >= 11 is 1.40. The topological polar surface area (TPSA) is 54.9 Å². The average molecular weight is 261 g/mol. The highest BCUT2D eigenvalue weighted by Gasteiger charge is 2.06. The summed E-state index contributed by atoms with van der Waals surface area (Å²) in [6, 6.07) is 7.86. The predicted octanol–water partition coefficient (Wildman–Crippen LogP) is 2.25. The molecule has 1 aromatic heterocycles. The smallest absolute Gasteiger partial charge is 0.230 e. The lowest BCUT2D eigenvalue weighted by Crippen LogP contribution is -2.31. The van der Waals surface area contributed by atoms with Gasteiger partial charge in [0.1, 0.15) is 5.03 Å². The Bertz CT molecular complexity index is 557. The fraction of sp³-hybridized carbons (Fsp3) is 0.308. The molecule has 0 fully saturated rings. The molecule has 0 saturated carbocycles. The molecule has 2 rings (SSSR count). The Morgan fingerprint density at radius 1 is 1.33 bits per heavy atom. The van der Waals surface area contributed by atoms with Crippen LogP contribution in [0, 0.1) is 0 Å². The second kappa shape index (κ2) is 5.82. The second-order valence-corrected chi connectivity index (χ2v) is 5.20. The second-order valence-electron chi connectivity index (χ2n) is 4.21. The van der Waals surface area contributed by atoms with Gasteiger partial charge in [0.05, 0.1) is 23.0 Å². The number of para-hydroxylation sites is 2. The van der Waals surface area contributed by atoms with E-state index in [9.17, 15) is 4.79 Å². The largest absolute Gasteiger partial charge is 0.353 e. The summed E-state index contributed by atoms with van der Waals surface area (Å²) in [6.45, 7) is 3.89. The summed E-state index contributed by atoms with van der Waals surface area (Å²) in [5.74, 6) is 0.385. The van der Waals surface area contributed by atoms with Crippen LogP contribution in [0.15, 0.2) is 35.5 Å². The standard InChI is InChI=1S/C13H15N3OS/c1-9(2)15-12(17)8-18-13-7-14-10-5-3-4-6-11(10)16-13/h3-7,9H,8H2,1-2H3,(H,15,17). The number of rotatable bonds is 4. The van der Waals surface area contributed by atoms with Crippen molar-refractivity contribution < 1.29 is 4.79 Å². The van der Waals surface area contributed by atoms with Crippen molar-refractivity contribution in [1.82, 2.24) is 15.3 Å². The molecule has 94 valence electrons. The number of amides is 1. The van der Waals surface area contributed by atoms with E-state index in [1.54, 1.807) is 6.20 Å². The predicted molar refractivity (Wildman–Crippen MR) is 73.5 cm³/mol. The Kier molecular flexibility index (Phi) is 4.15. The fourth-order valence-corrected chi connectivity index (χ4v) is 2.17. The molecule has 1 aromatic carbocycles. The number of nitrogens with one attached hydrogen (secondary N) is 1. The van der Waals surface area contributed by atoms with Gasteiger partial charge in [-0.15, -0.1) is 0 Å².